The number of hydrogen-bond donors (Lipinski definition) is 2. The van der Waals surface area contributed by atoms with Crippen LogP contribution in [-0.2, 0) is 24.2 Å². The van der Waals surface area contributed by atoms with Crippen LogP contribution in [0.15, 0.2) is 66.4 Å². The van der Waals surface area contributed by atoms with Crippen molar-refractivity contribution < 1.29 is 14.7 Å². The summed E-state index contributed by atoms with van der Waals surface area (Å²) >= 11 is 0. The van der Waals surface area contributed by atoms with E-state index < -0.39 is 11.9 Å². The number of nitrogens with zero attached hydrogens (tertiary/aromatic N) is 2. The molecule has 31 heavy (non-hydrogen) atoms. The number of primary amides is 1. The van der Waals surface area contributed by atoms with Crippen molar-refractivity contribution in [2.75, 3.05) is 0 Å². The molecule has 0 saturated heterocycles. The lowest BCUT2D eigenvalue weighted by molar-refractivity contribution is -0.132. The van der Waals surface area contributed by atoms with Crippen molar-refractivity contribution in [3.63, 3.8) is 0 Å². The van der Waals surface area contributed by atoms with Crippen molar-refractivity contribution in [1.82, 2.24) is 9.55 Å². The molecule has 0 atom stereocenters. The number of nitrogens with two attached hydrogens (primary N) is 1. The fourth-order valence-electron chi connectivity index (χ4n) is 3.40. The molecule has 1 heterocycles. The predicted octanol–water partition coefficient (Wildman–Crippen LogP) is 4.08. The van der Waals surface area contributed by atoms with Gasteiger partial charge in [-0.05, 0) is 35.8 Å². The van der Waals surface area contributed by atoms with Crippen LogP contribution in [0.2, 0.25) is 0 Å². The highest BCUT2D eigenvalue weighted by Crippen LogP contribution is 2.18. The average Bonchev–Trinajstić information content (AvgIpc) is 3.14. The molecule has 0 spiro atoms. The molecule has 0 aliphatic rings. The van der Waals surface area contributed by atoms with Crippen LogP contribution in [0.5, 0.6) is 0 Å². The SMILES string of the molecule is CCCCc1ncc(/C=C(\Cc2ccccc2)C(=O)O)n1Cc1ccc(C(N)=O)cc1. The zero-order valence-corrected chi connectivity index (χ0v) is 17.6. The molecule has 0 aliphatic carbocycles. The first kappa shape index (κ1) is 22.0. The van der Waals surface area contributed by atoms with Crippen LogP contribution >= 0.6 is 0 Å². The minimum Gasteiger partial charge on any atom is -0.478 e. The van der Waals surface area contributed by atoms with E-state index in [2.05, 4.69) is 11.9 Å². The Morgan fingerprint density at radius 2 is 1.77 bits per heavy atom. The number of carbonyl (C=O) groups excluding carboxylic acids is 1. The lowest BCUT2D eigenvalue weighted by Gasteiger charge is -2.12. The van der Waals surface area contributed by atoms with Crippen LogP contribution < -0.4 is 5.73 Å². The number of hydrogen-bond acceptors (Lipinski definition) is 3. The zero-order chi connectivity index (χ0) is 22.2. The third kappa shape index (κ3) is 5.92. The smallest absolute Gasteiger partial charge is 0.331 e. The average molecular weight is 418 g/mol. The van der Waals surface area contributed by atoms with Gasteiger partial charge in [-0.15, -0.1) is 0 Å². The summed E-state index contributed by atoms with van der Waals surface area (Å²) in [5, 5.41) is 9.77. The van der Waals surface area contributed by atoms with E-state index in [4.69, 9.17) is 5.73 Å². The number of aryl methyl sites for hydroxylation is 1. The fraction of sp³-hybridized carbons (Fsp3) is 0.240. The van der Waals surface area contributed by atoms with E-state index in [-0.39, 0.29) is 0 Å². The zero-order valence-electron chi connectivity index (χ0n) is 17.6. The summed E-state index contributed by atoms with van der Waals surface area (Å²) in [4.78, 5) is 27.8. The number of unbranched alkanes of at least 4 members (excludes halogenated alkanes) is 1. The lowest BCUT2D eigenvalue weighted by atomic mass is 10.0. The normalized spacial score (nSPS) is 11.5. The Morgan fingerprint density at radius 3 is 2.39 bits per heavy atom. The number of benzene rings is 2. The van der Waals surface area contributed by atoms with E-state index in [0.717, 1.165) is 41.9 Å². The Hall–Kier alpha value is -3.67. The molecule has 0 saturated carbocycles. The first-order valence-electron chi connectivity index (χ1n) is 10.4. The van der Waals surface area contributed by atoms with Gasteiger partial charge in [-0.3, -0.25) is 4.79 Å². The van der Waals surface area contributed by atoms with Gasteiger partial charge in [-0.2, -0.15) is 0 Å². The van der Waals surface area contributed by atoms with Crippen molar-refractivity contribution in [3.8, 4) is 0 Å². The highest BCUT2D eigenvalue weighted by molar-refractivity contribution is 5.93. The van der Waals surface area contributed by atoms with Crippen LogP contribution in [0.4, 0.5) is 0 Å². The molecule has 3 aromatic rings. The van der Waals surface area contributed by atoms with Gasteiger partial charge in [0.2, 0.25) is 5.91 Å². The fourth-order valence-corrected chi connectivity index (χ4v) is 3.40. The number of carbonyl (C=O) groups is 2. The topological polar surface area (TPSA) is 98.2 Å². The molecule has 1 amide bonds. The van der Waals surface area contributed by atoms with E-state index in [1.165, 1.54) is 0 Å². The molecule has 0 aliphatic heterocycles. The quantitative estimate of drug-likeness (QED) is 0.486. The molecule has 1 aromatic heterocycles. The number of rotatable bonds is 10. The number of aliphatic carboxylic acids is 1. The highest BCUT2D eigenvalue weighted by Gasteiger charge is 2.14. The lowest BCUT2D eigenvalue weighted by Crippen LogP contribution is -2.12. The van der Waals surface area contributed by atoms with Crippen molar-refractivity contribution in [3.05, 3.63) is 94.6 Å². The van der Waals surface area contributed by atoms with Crippen molar-refractivity contribution in [1.29, 1.82) is 0 Å². The number of aromatic nitrogens is 2. The van der Waals surface area contributed by atoms with Gasteiger partial charge >= 0.3 is 5.97 Å². The second-order valence-electron chi connectivity index (χ2n) is 7.49. The Balaban J connectivity index is 1.94. The van der Waals surface area contributed by atoms with Crippen LogP contribution in [0, 0.1) is 0 Å². The maximum atomic E-state index is 11.9. The van der Waals surface area contributed by atoms with Crippen molar-refractivity contribution in [2.24, 2.45) is 5.73 Å². The third-order valence-corrected chi connectivity index (χ3v) is 5.14. The Morgan fingerprint density at radius 1 is 1.06 bits per heavy atom. The molecule has 0 bridgehead atoms. The first-order chi connectivity index (χ1) is 15.0. The van der Waals surface area contributed by atoms with E-state index >= 15 is 0 Å². The summed E-state index contributed by atoms with van der Waals surface area (Å²) in [6.45, 7) is 2.65. The maximum Gasteiger partial charge on any atom is 0.331 e. The van der Waals surface area contributed by atoms with Crippen LogP contribution in [0.3, 0.4) is 0 Å². The van der Waals surface area contributed by atoms with E-state index in [1.807, 2.05) is 47.0 Å². The third-order valence-electron chi connectivity index (χ3n) is 5.14. The summed E-state index contributed by atoms with van der Waals surface area (Å²) in [7, 11) is 0. The predicted molar refractivity (Wildman–Crippen MR) is 121 cm³/mol. The number of carboxylic acid groups (broad SMARTS) is 1. The minimum atomic E-state index is -0.947. The molecular weight excluding hydrogens is 390 g/mol. The second kappa shape index (κ2) is 10.4. The van der Waals surface area contributed by atoms with E-state index in [0.29, 0.717) is 24.1 Å². The molecule has 160 valence electrons. The minimum absolute atomic E-state index is 0.304. The van der Waals surface area contributed by atoms with Gasteiger partial charge in [-0.1, -0.05) is 55.8 Å². The standard InChI is InChI=1S/C25H27N3O3/c1-2-3-9-23-27-16-22(15-21(25(30)31)14-18-7-5-4-6-8-18)28(23)17-19-10-12-20(13-11-19)24(26)29/h4-8,10-13,15-16H,2-3,9,14,17H2,1H3,(H2,26,29)(H,30,31)/b21-15+. The largest absolute Gasteiger partial charge is 0.478 e. The number of imidazole rings is 1. The summed E-state index contributed by atoms with van der Waals surface area (Å²) in [6, 6.07) is 16.7. The van der Waals surface area contributed by atoms with Gasteiger partial charge in [0.25, 0.3) is 0 Å². The van der Waals surface area contributed by atoms with Gasteiger partial charge in [0.1, 0.15) is 5.82 Å². The Kier molecular flexibility index (Phi) is 7.38. The summed E-state index contributed by atoms with van der Waals surface area (Å²) in [6.07, 6.45) is 6.62. The molecule has 0 unspecified atom stereocenters. The first-order valence-corrected chi connectivity index (χ1v) is 10.4. The van der Waals surface area contributed by atoms with E-state index in [1.54, 1.807) is 24.4 Å². The molecule has 0 radical (unpaired) electrons. The molecule has 6 heteroatoms. The van der Waals surface area contributed by atoms with Gasteiger partial charge in [0.05, 0.1) is 11.9 Å². The summed E-state index contributed by atoms with van der Waals surface area (Å²) < 4.78 is 2.04. The Bertz CT molecular complexity index is 1070. The van der Waals surface area contributed by atoms with Gasteiger partial charge in [0.15, 0.2) is 0 Å². The summed E-state index contributed by atoms with van der Waals surface area (Å²) in [5.41, 5.74) is 8.76. The van der Waals surface area contributed by atoms with Crippen LogP contribution in [0.25, 0.3) is 6.08 Å². The summed E-state index contributed by atoms with van der Waals surface area (Å²) in [5.74, 6) is -0.498. The van der Waals surface area contributed by atoms with Crippen LogP contribution in [-0.4, -0.2) is 26.5 Å². The molecule has 3 N–H and O–H groups in total. The molecule has 3 rings (SSSR count). The van der Waals surface area contributed by atoms with Crippen LogP contribution in [0.1, 0.15) is 52.8 Å². The number of carboxylic acids is 1. The number of amides is 1. The molecule has 6 nitrogen and oxygen atoms in total. The maximum absolute atomic E-state index is 11.9. The molecule has 2 aromatic carbocycles. The van der Waals surface area contributed by atoms with Gasteiger partial charge in [-0.25, -0.2) is 9.78 Å². The molecular formula is C25H27N3O3. The second-order valence-corrected chi connectivity index (χ2v) is 7.49. The van der Waals surface area contributed by atoms with Crippen molar-refractivity contribution in [2.45, 2.75) is 39.2 Å². The van der Waals surface area contributed by atoms with E-state index in [9.17, 15) is 14.7 Å². The monoisotopic (exact) mass is 417 g/mol. The van der Waals surface area contributed by atoms with Gasteiger partial charge < -0.3 is 15.4 Å². The van der Waals surface area contributed by atoms with Gasteiger partial charge in [0, 0.05) is 30.5 Å². The highest BCUT2D eigenvalue weighted by atomic mass is 16.4. The molecule has 0 fully saturated rings. The Labute approximate surface area is 182 Å². The van der Waals surface area contributed by atoms with Crippen molar-refractivity contribution >= 4 is 18.0 Å².